The Balaban J connectivity index is 1.92. The molecule has 1 aliphatic heterocycles. The van der Waals surface area contributed by atoms with Gasteiger partial charge in [-0.25, -0.2) is 19.7 Å². The zero-order chi connectivity index (χ0) is 15.0. The molecule has 106 valence electrons. The summed E-state index contributed by atoms with van der Waals surface area (Å²) in [6, 6.07) is 2.51. The Morgan fingerprint density at radius 3 is 2.57 bits per heavy atom. The third kappa shape index (κ3) is 2.55. The number of nitrogens with zero attached hydrogens (tertiary/aromatic N) is 3. The van der Waals surface area contributed by atoms with Crippen LogP contribution in [0.1, 0.15) is 5.56 Å². The second-order valence-corrected chi connectivity index (χ2v) is 5.17. The van der Waals surface area contributed by atoms with Crippen LogP contribution in [0.3, 0.4) is 0 Å². The number of halogens is 2. The van der Waals surface area contributed by atoms with Crippen molar-refractivity contribution < 1.29 is 9.59 Å². The highest BCUT2D eigenvalue weighted by atomic mass is 35.5. The van der Waals surface area contributed by atoms with E-state index in [9.17, 15) is 9.59 Å². The molecule has 1 N–H and O–H groups in total. The molecule has 0 bridgehead atoms. The standard InChI is InChI=1S/C13H8Cl2N4O2/c14-9-1-7-2-12(20)19(11(7)3-10(9)15)13(21)18-8-4-16-6-17-5-8/h1,3-6H,2H2,(H,18,21). The topological polar surface area (TPSA) is 75.2 Å². The van der Waals surface area contributed by atoms with E-state index in [1.165, 1.54) is 24.8 Å². The monoisotopic (exact) mass is 322 g/mol. The number of imide groups is 1. The molecule has 0 fully saturated rings. The normalized spacial score (nSPS) is 13.2. The van der Waals surface area contributed by atoms with Gasteiger partial charge in [-0.3, -0.25) is 4.79 Å². The zero-order valence-corrected chi connectivity index (χ0v) is 12.0. The number of nitrogens with one attached hydrogen (secondary N) is 1. The van der Waals surface area contributed by atoms with Gasteiger partial charge in [0.05, 0.1) is 40.2 Å². The van der Waals surface area contributed by atoms with Gasteiger partial charge in [-0.2, -0.15) is 0 Å². The number of benzene rings is 1. The van der Waals surface area contributed by atoms with Crippen molar-refractivity contribution in [1.29, 1.82) is 0 Å². The average Bonchev–Trinajstić information content (AvgIpc) is 2.75. The van der Waals surface area contributed by atoms with Crippen LogP contribution in [0, 0.1) is 0 Å². The van der Waals surface area contributed by atoms with E-state index >= 15 is 0 Å². The van der Waals surface area contributed by atoms with E-state index in [0.717, 1.165) is 4.90 Å². The molecule has 1 aromatic heterocycles. The number of carbonyl (C=O) groups is 2. The van der Waals surface area contributed by atoms with Crippen molar-refractivity contribution in [2.45, 2.75) is 6.42 Å². The number of hydrogen-bond donors (Lipinski definition) is 1. The predicted octanol–water partition coefficient (Wildman–Crippen LogP) is 2.90. The molecular formula is C13H8Cl2N4O2. The van der Waals surface area contributed by atoms with Gasteiger partial charge < -0.3 is 5.32 Å². The molecule has 1 aliphatic rings. The quantitative estimate of drug-likeness (QED) is 0.875. The van der Waals surface area contributed by atoms with Gasteiger partial charge in [0.2, 0.25) is 5.91 Å². The van der Waals surface area contributed by atoms with Crippen molar-refractivity contribution in [3.63, 3.8) is 0 Å². The highest BCUT2D eigenvalue weighted by Crippen LogP contribution is 2.36. The third-order valence-electron chi connectivity index (χ3n) is 2.97. The van der Waals surface area contributed by atoms with Gasteiger partial charge in [-0.15, -0.1) is 0 Å². The lowest BCUT2D eigenvalue weighted by atomic mass is 10.2. The van der Waals surface area contributed by atoms with Crippen LogP contribution in [0.25, 0.3) is 0 Å². The zero-order valence-electron chi connectivity index (χ0n) is 10.5. The van der Waals surface area contributed by atoms with Crippen LogP contribution in [0.5, 0.6) is 0 Å². The van der Waals surface area contributed by atoms with E-state index in [4.69, 9.17) is 23.2 Å². The van der Waals surface area contributed by atoms with Gasteiger partial charge in [0.25, 0.3) is 0 Å². The molecule has 1 aromatic carbocycles. The highest BCUT2D eigenvalue weighted by Gasteiger charge is 2.33. The molecule has 21 heavy (non-hydrogen) atoms. The minimum Gasteiger partial charge on any atom is -0.304 e. The fourth-order valence-corrected chi connectivity index (χ4v) is 2.41. The molecule has 0 radical (unpaired) electrons. The summed E-state index contributed by atoms with van der Waals surface area (Å²) < 4.78 is 0. The number of rotatable bonds is 1. The van der Waals surface area contributed by atoms with Crippen LogP contribution < -0.4 is 10.2 Å². The molecule has 0 unspecified atom stereocenters. The van der Waals surface area contributed by atoms with E-state index < -0.39 is 6.03 Å². The van der Waals surface area contributed by atoms with Crippen molar-refractivity contribution in [2.75, 3.05) is 10.2 Å². The summed E-state index contributed by atoms with van der Waals surface area (Å²) in [5.74, 6) is -0.349. The average molecular weight is 323 g/mol. The summed E-state index contributed by atoms with van der Waals surface area (Å²) in [4.78, 5) is 32.9. The minimum atomic E-state index is -0.591. The summed E-state index contributed by atoms with van der Waals surface area (Å²) in [6.07, 6.45) is 4.31. The number of anilines is 2. The molecule has 8 heteroatoms. The van der Waals surface area contributed by atoms with Crippen LogP contribution in [-0.2, 0) is 11.2 Å². The molecule has 3 rings (SSSR count). The Kier molecular flexibility index (Phi) is 3.48. The van der Waals surface area contributed by atoms with Gasteiger partial charge in [-0.1, -0.05) is 23.2 Å². The SMILES string of the molecule is O=C1Cc2cc(Cl)c(Cl)cc2N1C(=O)Nc1cncnc1. The smallest absolute Gasteiger partial charge is 0.304 e. The van der Waals surface area contributed by atoms with Gasteiger partial charge in [-0.05, 0) is 17.7 Å². The van der Waals surface area contributed by atoms with E-state index in [0.29, 0.717) is 22.0 Å². The molecule has 3 amide bonds. The first kappa shape index (κ1) is 13.8. The summed E-state index contributed by atoms with van der Waals surface area (Å²) in [6.45, 7) is 0. The number of carbonyl (C=O) groups excluding carboxylic acids is 2. The molecule has 2 aromatic rings. The van der Waals surface area contributed by atoms with Crippen LogP contribution >= 0.6 is 23.2 Å². The molecule has 0 saturated heterocycles. The minimum absolute atomic E-state index is 0.102. The lowest BCUT2D eigenvalue weighted by Crippen LogP contribution is -2.37. The number of hydrogen-bond acceptors (Lipinski definition) is 4. The lowest BCUT2D eigenvalue weighted by Gasteiger charge is -2.16. The summed E-state index contributed by atoms with van der Waals surface area (Å²) >= 11 is 11.9. The number of aromatic nitrogens is 2. The predicted molar refractivity (Wildman–Crippen MR) is 78.7 cm³/mol. The van der Waals surface area contributed by atoms with Crippen molar-refractivity contribution >= 4 is 46.5 Å². The maximum atomic E-state index is 12.2. The molecule has 0 spiro atoms. The van der Waals surface area contributed by atoms with Gasteiger partial charge in [0.1, 0.15) is 6.33 Å². The first-order chi connectivity index (χ1) is 10.1. The second kappa shape index (κ2) is 5.31. The van der Waals surface area contributed by atoms with E-state index in [-0.39, 0.29) is 17.4 Å². The molecule has 2 heterocycles. The van der Waals surface area contributed by atoms with Crippen LogP contribution in [-0.4, -0.2) is 21.9 Å². The van der Waals surface area contributed by atoms with Gasteiger partial charge in [0.15, 0.2) is 0 Å². The number of urea groups is 1. The highest BCUT2D eigenvalue weighted by molar-refractivity contribution is 6.42. The maximum Gasteiger partial charge on any atom is 0.333 e. The molecular weight excluding hydrogens is 315 g/mol. The lowest BCUT2D eigenvalue weighted by molar-refractivity contribution is -0.116. The van der Waals surface area contributed by atoms with Crippen molar-refractivity contribution in [1.82, 2.24) is 9.97 Å². The Bertz CT molecular complexity index is 736. The first-order valence-corrected chi connectivity index (χ1v) is 6.68. The van der Waals surface area contributed by atoms with Crippen LogP contribution in [0.2, 0.25) is 10.0 Å². The molecule has 0 aliphatic carbocycles. The van der Waals surface area contributed by atoms with Crippen LogP contribution in [0.4, 0.5) is 16.2 Å². The van der Waals surface area contributed by atoms with Crippen molar-refractivity contribution in [3.05, 3.63) is 46.5 Å². The summed E-state index contributed by atoms with van der Waals surface area (Å²) in [5.41, 5.74) is 1.49. The maximum absolute atomic E-state index is 12.2. The molecule has 0 saturated carbocycles. The molecule has 6 nitrogen and oxygen atoms in total. The Morgan fingerprint density at radius 2 is 1.86 bits per heavy atom. The van der Waals surface area contributed by atoms with Gasteiger partial charge >= 0.3 is 6.03 Å². The van der Waals surface area contributed by atoms with E-state index in [2.05, 4.69) is 15.3 Å². The summed E-state index contributed by atoms with van der Waals surface area (Å²) in [5, 5.41) is 3.19. The Labute approximate surface area is 129 Å². The second-order valence-electron chi connectivity index (χ2n) is 4.36. The third-order valence-corrected chi connectivity index (χ3v) is 3.69. The van der Waals surface area contributed by atoms with Crippen molar-refractivity contribution in [3.8, 4) is 0 Å². The number of amides is 3. The fourth-order valence-electron chi connectivity index (χ4n) is 2.07. The van der Waals surface area contributed by atoms with Crippen LogP contribution in [0.15, 0.2) is 30.9 Å². The largest absolute Gasteiger partial charge is 0.333 e. The number of fused-ring (bicyclic) bond motifs is 1. The first-order valence-electron chi connectivity index (χ1n) is 5.93. The van der Waals surface area contributed by atoms with E-state index in [1.54, 1.807) is 6.07 Å². The Morgan fingerprint density at radius 1 is 1.19 bits per heavy atom. The molecule has 0 atom stereocenters. The van der Waals surface area contributed by atoms with Crippen molar-refractivity contribution in [2.24, 2.45) is 0 Å². The van der Waals surface area contributed by atoms with Gasteiger partial charge in [0, 0.05) is 0 Å². The van der Waals surface area contributed by atoms with E-state index in [1.807, 2.05) is 0 Å². The fraction of sp³-hybridized carbons (Fsp3) is 0.0769. The Hall–Kier alpha value is -2.18. The summed E-state index contributed by atoms with van der Waals surface area (Å²) in [7, 11) is 0.